The number of carbonyl (C=O) groups is 1. The van der Waals surface area contributed by atoms with Crippen molar-refractivity contribution in [3.63, 3.8) is 0 Å². The zero-order valence-electron chi connectivity index (χ0n) is 14.4. The molecule has 0 saturated heterocycles. The Balaban J connectivity index is 1.55. The second-order valence-corrected chi connectivity index (χ2v) is 6.75. The minimum Gasteiger partial charge on any atom is -0.361 e. The van der Waals surface area contributed by atoms with Gasteiger partial charge in [0.05, 0.1) is 12.1 Å². The van der Waals surface area contributed by atoms with Crippen molar-refractivity contribution in [2.24, 2.45) is 5.73 Å². The van der Waals surface area contributed by atoms with Crippen molar-refractivity contribution < 1.29 is 4.79 Å². The average molecular weight is 344 g/mol. The van der Waals surface area contributed by atoms with Gasteiger partial charge in [0, 0.05) is 30.1 Å². The van der Waals surface area contributed by atoms with E-state index in [0.29, 0.717) is 19.4 Å². The van der Waals surface area contributed by atoms with Crippen LogP contribution in [0, 0.1) is 11.3 Å². The molecular formula is C21H20N4O. The van der Waals surface area contributed by atoms with Crippen LogP contribution in [0.5, 0.6) is 0 Å². The van der Waals surface area contributed by atoms with E-state index < -0.39 is 12.1 Å². The van der Waals surface area contributed by atoms with Gasteiger partial charge in [-0.05, 0) is 29.2 Å². The van der Waals surface area contributed by atoms with Crippen molar-refractivity contribution in [1.29, 1.82) is 5.26 Å². The number of aromatic nitrogens is 1. The van der Waals surface area contributed by atoms with E-state index in [1.165, 1.54) is 0 Å². The molecule has 0 spiro atoms. The average Bonchev–Trinajstić information content (AvgIpc) is 3.09. The molecular weight excluding hydrogens is 324 g/mol. The van der Waals surface area contributed by atoms with Gasteiger partial charge in [0.2, 0.25) is 5.91 Å². The number of rotatable bonds is 3. The molecule has 1 aromatic heterocycles. The van der Waals surface area contributed by atoms with Gasteiger partial charge >= 0.3 is 0 Å². The Morgan fingerprint density at radius 1 is 1.23 bits per heavy atom. The molecule has 0 unspecified atom stereocenters. The molecule has 1 aliphatic rings. The van der Waals surface area contributed by atoms with Crippen LogP contribution in [0.1, 0.15) is 16.7 Å². The molecule has 2 aromatic carbocycles. The zero-order valence-corrected chi connectivity index (χ0v) is 14.4. The Morgan fingerprint density at radius 3 is 2.77 bits per heavy atom. The monoisotopic (exact) mass is 344 g/mol. The number of hydrogen-bond acceptors (Lipinski definition) is 3. The molecule has 2 heterocycles. The highest BCUT2D eigenvalue weighted by atomic mass is 16.2. The molecule has 0 bridgehead atoms. The molecule has 1 aliphatic heterocycles. The van der Waals surface area contributed by atoms with Crippen LogP contribution in [0.15, 0.2) is 54.7 Å². The summed E-state index contributed by atoms with van der Waals surface area (Å²) in [6.07, 6.45) is 2.91. The predicted molar refractivity (Wildman–Crippen MR) is 100 cm³/mol. The largest absolute Gasteiger partial charge is 0.361 e. The number of fused-ring (bicyclic) bond motifs is 2. The molecule has 26 heavy (non-hydrogen) atoms. The second-order valence-electron chi connectivity index (χ2n) is 6.75. The van der Waals surface area contributed by atoms with Crippen LogP contribution in [0.4, 0.5) is 0 Å². The molecule has 5 heteroatoms. The number of nitrogens with zero attached hydrogens (tertiary/aromatic N) is 2. The molecule has 4 rings (SSSR count). The lowest BCUT2D eigenvalue weighted by Gasteiger charge is -2.34. The van der Waals surface area contributed by atoms with Gasteiger partial charge in [-0.2, -0.15) is 5.26 Å². The summed E-state index contributed by atoms with van der Waals surface area (Å²) >= 11 is 0. The van der Waals surface area contributed by atoms with Crippen LogP contribution in [0.3, 0.4) is 0 Å². The number of nitrogens with two attached hydrogens (primary N) is 1. The fourth-order valence-electron chi connectivity index (χ4n) is 3.71. The molecule has 3 aromatic rings. The first kappa shape index (κ1) is 16.4. The number of amides is 1. The smallest absolute Gasteiger partial charge is 0.241 e. The summed E-state index contributed by atoms with van der Waals surface area (Å²) in [5.41, 5.74) is 10.5. The number of hydrogen-bond donors (Lipinski definition) is 2. The fourth-order valence-corrected chi connectivity index (χ4v) is 3.71. The minimum absolute atomic E-state index is 0.170. The lowest BCUT2D eigenvalue weighted by molar-refractivity contribution is -0.134. The Bertz CT molecular complexity index is 1000. The third kappa shape index (κ3) is 2.85. The van der Waals surface area contributed by atoms with Crippen LogP contribution in [0.2, 0.25) is 0 Å². The fraction of sp³-hybridized carbons (Fsp3) is 0.238. The van der Waals surface area contributed by atoms with E-state index in [2.05, 4.69) is 11.1 Å². The maximum absolute atomic E-state index is 13.0. The van der Waals surface area contributed by atoms with Crippen LogP contribution >= 0.6 is 0 Å². The lowest BCUT2D eigenvalue weighted by atomic mass is 9.93. The molecule has 0 fully saturated rings. The van der Waals surface area contributed by atoms with Gasteiger partial charge in [0.1, 0.15) is 6.04 Å². The predicted octanol–water partition coefficient (Wildman–Crippen LogP) is 2.51. The highest BCUT2D eigenvalue weighted by Crippen LogP contribution is 2.25. The number of aromatic amines is 1. The topological polar surface area (TPSA) is 85.9 Å². The van der Waals surface area contributed by atoms with Crippen molar-refractivity contribution >= 4 is 16.8 Å². The summed E-state index contributed by atoms with van der Waals surface area (Å²) < 4.78 is 0. The summed E-state index contributed by atoms with van der Waals surface area (Å²) in [5, 5.41) is 10.6. The van der Waals surface area contributed by atoms with E-state index >= 15 is 0 Å². The summed E-state index contributed by atoms with van der Waals surface area (Å²) in [7, 11) is 0. The zero-order chi connectivity index (χ0) is 18.1. The van der Waals surface area contributed by atoms with E-state index in [1.54, 1.807) is 4.90 Å². The molecule has 1 amide bonds. The molecule has 0 saturated carbocycles. The van der Waals surface area contributed by atoms with Gasteiger partial charge in [0.25, 0.3) is 0 Å². The van der Waals surface area contributed by atoms with E-state index in [4.69, 9.17) is 5.73 Å². The highest BCUT2D eigenvalue weighted by molar-refractivity contribution is 5.86. The van der Waals surface area contributed by atoms with Crippen LogP contribution in [-0.4, -0.2) is 27.9 Å². The number of benzene rings is 2. The Hall–Kier alpha value is -3.10. The van der Waals surface area contributed by atoms with Crippen LogP contribution < -0.4 is 5.73 Å². The third-order valence-electron chi connectivity index (χ3n) is 5.11. The Morgan fingerprint density at radius 2 is 1.96 bits per heavy atom. The van der Waals surface area contributed by atoms with Gasteiger partial charge < -0.3 is 15.6 Å². The SMILES string of the molecule is N#C[C@@H]1Cc2ccccc2CN1C(=O)[C@@H](N)Cc1c[nH]c2ccccc12. The molecule has 2 atom stereocenters. The molecule has 3 N–H and O–H groups in total. The molecule has 0 radical (unpaired) electrons. The number of H-pyrrole nitrogens is 1. The molecule has 130 valence electrons. The third-order valence-corrected chi connectivity index (χ3v) is 5.11. The van der Waals surface area contributed by atoms with E-state index in [1.807, 2.05) is 54.7 Å². The van der Waals surface area contributed by atoms with Crippen LogP contribution in [-0.2, 0) is 24.2 Å². The quantitative estimate of drug-likeness (QED) is 0.765. The number of nitrogens with one attached hydrogen (secondary N) is 1. The van der Waals surface area contributed by atoms with Crippen molar-refractivity contribution in [1.82, 2.24) is 9.88 Å². The van der Waals surface area contributed by atoms with Crippen molar-refractivity contribution in [2.75, 3.05) is 0 Å². The van der Waals surface area contributed by atoms with Gasteiger partial charge in [-0.3, -0.25) is 4.79 Å². The maximum atomic E-state index is 13.0. The van der Waals surface area contributed by atoms with E-state index in [-0.39, 0.29) is 5.91 Å². The van der Waals surface area contributed by atoms with Gasteiger partial charge in [-0.1, -0.05) is 42.5 Å². The number of para-hydroxylation sites is 1. The van der Waals surface area contributed by atoms with Crippen LogP contribution in [0.25, 0.3) is 10.9 Å². The first-order valence-electron chi connectivity index (χ1n) is 8.75. The Kier molecular flexibility index (Phi) is 4.19. The van der Waals surface area contributed by atoms with Crippen molar-refractivity contribution in [3.8, 4) is 6.07 Å². The van der Waals surface area contributed by atoms with Gasteiger partial charge in [-0.25, -0.2) is 0 Å². The summed E-state index contributed by atoms with van der Waals surface area (Å²) in [5.74, 6) is -0.170. The first-order valence-corrected chi connectivity index (χ1v) is 8.75. The number of carbonyl (C=O) groups excluding carboxylic acids is 1. The maximum Gasteiger partial charge on any atom is 0.241 e. The minimum atomic E-state index is -0.671. The molecule has 5 nitrogen and oxygen atoms in total. The highest BCUT2D eigenvalue weighted by Gasteiger charge is 2.32. The summed E-state index contributed by atoms with van der Waals surface area (Å²) in [4.78, 5) is 17.8. The summed E-state index contributed by atoms with van der Waals surface area (Å²) in [6, 6.07) is 17.0. The van der Waals surface area contributed by atoms with Crippen molar-refractivity contribution in [2.45, 2.75) is 31.5 Å². The number of nitriles is 1. The van der Waals surface area contributed by atoms with E-state index in [0.717, 1.165) is 27.6 Å². The standard InChI is InChI=1S/C21H20N4O/c22-11-17-9-14-5-1-2-6-15(14)13-25(17)21(26)19(23)10-16-12-24-20-8-4-3-7-18(16)20/h1-8,12,17,19,24H,9-10,13,23H2/t17-,19-/m0/s1. The second kappa shape index (κ2) is 6.66. The first-order chi connectivity index (χ1) is 12.7. The van der Waals surface area contributed by atoms with E-state index in [9.17, 15) is 10.1 Å². The lowest BCUT2D eigenvalue weighted by Crippen LogP contribution is -2.51. The normalized spacial score (nSPS) is 17.5. The van der Waals surface area contributed by atoms with Gasteiger partial charge in [-0.15, -0.1) is 0 Å². The Labute approximate surface area is 152 Å². The van der Waals surface area contributed by atoms with Gasteiger partial charge in [0.15, 0.2) is 0 Å². The summed E-state index contributed by atoms with van der Waals surface area (Å²) in [6.45, 7) is 0.439. The molecule has 0 aliphatic carbocycles. The van der Waals surface area contributed by atoms with Crippen molar-refractivity contribution in [3.05, 3.63) is 71.4 Å².